The molecule has 0 unspecified atom stereocenters. The second kappa shape index (κ2) is 8.62. The molecule has 0 saturated carbocycles. The fourth-order valence-corrected chi connectivity index (χ4v) is 3.31. The summed E-state index contributed by atoms with van der Waals surface area (Å²) < 4.78 is 5.19. The number of methoxy groups -OCH3 is 1. The lowest BCUT2D eigenvalue weighted by molar-refractivity contribution is -0.136. The summed E-state index contributed by atoms with van der Waals surface area (Å²) in [4.78, 5) is 37.1. The number of likely N-dealkylation sites (tertiary alicyclic amines) is 1. The quantitative estimate of drug-likeness (QED) is 0.807. The maximum absolute atomic E-state index is 12.7. The molecule has 2 heterocycles. The Hall–Kier alpha value is -2.96. The van der Waals surface area contributed by atoms with Crippen LogP contribution in [-0.4, -0.2) is 58.8 Å². The molecule has 2 aromatic rings. The Morgan fingerprint density at radius 3 is 2.70 bits per heavy atom. The van der Waals surface area contributed by atoms with Gasteiger partial charge in [0.1, 0.15) is 5.75 Å². The molecule has 0 bridgehead atoms. The van der Waals surface area contributed by atoms with Crippen molar-refractivity contribution in [2.75, 3.05) is 27.2 Å². The van der Waals surface area contributed by atoms with E-state index in [1.165, 1.54) is 0 Å². The van der Waals surface area contributed by atoms with Crippen LogP contribution in [0, 0.1) is 5.92 Å². The Labute approximate surface area is 159 Å². The Morgan fingerprint density at radius 1 is 1.26 bits per heavy atom. The van der Waals surface area contributed by atoms with Crippen molar-refractivity contribution < 1.29 is 14.3 Å². The first-order valence-electron chi connectivity index (χ1n) is 9.01. The van der Waals surface area contributed by atoms with Crippen molar-refractivity contribution in [2.45, 2.75) is 19.4 Å². The van der Waals surface area contributed by atoms with E-state index in [0.29, 0.717) is 43.8 Å². The van der Waals surface area contributed by atoms with Crippen LogP contribution in [-0.2, 0) is 11.3 Å². The summed E-state index contributed by atoms with van der Waals surface area (Å²) in [5, 5.41) is 0. The Morgan fingerprint density at radius 2 is 2.04 bits per heavy atom. The molecule has 0 aliphatic carbocycles. The summed E-state index contributed by atoms with van der Waals surface area (Å²) in [5.41, 5.74) is 1.37. The highest BCUT2D eigenvalue weighted by Crippen LogP contribution is 2.22. The second-order valence-electron chi connectivity index (χ2n) is 6.69. The molecular formula is C20H24N4O3. The van der Waals surface area contributed by atoms with E-state index in [1.807, 2.05) is 12.1 Å². The summed E-state index contributed by atoms with van der Waals surface area (Å²) in [5.74, 6) is 0.666. The number of ether oxygens (including phenoxy) is 1. The number of hydrogen-bond acceptors (Lipinski definition) is 5. The van der Waals surface area contributed by atoms with Gasteiger partial charge in [0.15, 0.2) is 0 Å². The van der Waals surface area contributed by atoms with E-state index < -0.39 is 0 Å². The molecule has 0 spiro atoms. The van der Waals surface area contributed by atoms with Gasteiger partial charge in [-0.15, -0.1) is 0 Å². The molecule has 27 heavy (non-hydrogen) atoms. The summed E-state index contributed by atoms with van der Waals surface area (Å²) >= 11 is 0. The second-order valence-corrected chi connectivity index (χ2v) is 6.69. The number of aromatic nitrogens is 2. The fraction of sp³-hybridized carbons (Fsp3) is 0.400. The zero-order valence-electron chi connectivity index (χ0n) is 15.7. The Balaban J connectivity index is 1.54. The van der Waals surface area contributed by atoms with Crippen LogP contribution in [0.25, 0.3) is 0 Å². The smallest absolute Gasteiger partial charge is 0.253 e. The van der Waals surface area contributed by atoms with Gasteiger partial charge in [-0.05, 0) is 31.0 Å². The average Bonchev–Trinajstić information content (AvgIpc) is 2.73. The topological polar surface area (TPSA) is 75.6 Å². The van der Waals surface area contributed by atoms with E-state index >= 15 is 0 Å². The molecule has 0 atom stereocenters. The zero-order valence-corrected chi connectivity index (χ0v) is 15.7. The van der Waals surface area contributed by atoms with Crippen LogP contribution >= 0.6 is 0 Å². The van der Waals surface area contributed by atoms with Crippen LogP contribution < -0.4 is 4.74 Å². The molecule has 0 radical (unpaired) electrons. The van der Waals surface area contributed by atoms with Gasteiger partial charge in [-0.1, -0.05) is 6.07 Å². The van der Waals surface area contributed by atoms with Gasteiger partial charge in [-0.2, -0.15) is 0 Å². The van der Waals surface area contributed by atoms with Gasteiger partial charge in [0, 0.05) is 44.0 Å². The van der Waals surface area contributed by atoms with Crippen molar-refractivity contribution in [1.29, 1.82) is 0 Å². The number of carbonyl (C=O) groups excluding carboxylic acids is 2. The molecule has 1 aromatic heterocycles. The molecule has 7 heteroatoms. The molecule has 1 fully saturated rings. The van der Waals surface area contributed by atoms with Crippen LogP contribution in [0.4, 0.5) is 0 Å². The highest BCUT2D eigenvalue weighted by molar-refractivity contribution is 5.94. The van der Waals surface area contributed by atoms with Crippen LogP contribution in [0.5, 0.6) is 5.75 Å². The van der Waals surface area contributed by atoms with Gasteiger partial charge in [-0.25, -0.2) is 0 Å². The van der Waals surface area contributed by atoms with E-state index in [9.17, 15) is 9.59 Å². The van der Waals surface area contributed by atoms with E-state index in [1.54, 1.807) is 54.7 Å². The standard InChI is InChI=1S/C20H24N4O3/c1-23(14-17-13-21-8-9-22-17)19(25)15-6-10-24(11-7-15)20(26)16-4-3-5-18(12-16)27-2/h3-5,8-9,12-13,15H,6-7,10-11,14H2,1-2H3. The Bertz CT molecular complexity index is 789. The lowest BCUT2D eigenvalue weighted by atomic mass is 9.95. The molecule has 1 saturated heterocycles. The highest BCUT2D eigenvalue weighted by Gasteiger charge is 2.29. The lowest BCUT2D eigenvalue weighted by Crippen LogP contribution is -2.43. The first kappa shape index (κ1) is 18.8. The van der Waals surface area contributed by atoms with Gasteiger partial charge in [0.25, 0.3) is 5.91 Å². The minimum atomic E-state index is -0.0685. The number of hydrogen-bond donors (Lipinski definition) is 0. The van der Waals surface area contributed by atoms with Crippen molar-refractivity contribution in [1.82, 2.24) is 19.8 Å². The van der Waals surface area contributed by atoms with Crippen molar-refractivity contribution in [3.05, 3.63) is 54.1 Å². The first-order chi connectivity index (χ1) is 13.1. The molecule has 1 aromatic carbocycles. The largest absolute Gasteiger partial charge is 0.497 e. The number of benzene rings is 1. The number of piperidine rings is 1. The molecule has 142 valence electrons. The van der Waals surface area contributed by atoms with Crippen molar-refractivity contribution >= 4 is 11.8 Å². The van der Waals surface area contributed by atoms with Crippen molar-refractivity contribution in [2.24, 2.45) is 5.92 Å². The number of carbonyl (C=O) groups is 2. The van der Waals surface area contributed by atoms with E-state index in [4.69, 9.17) is 4.74 Å². The van der Waals surface area contributed by atoms with E-state index in [2.05, 4.69) is 9.97 Å². The normalized spacial score (nSPS) is 14.7. The summed E-state index contributed by atoms with van der Waals surface area (Å²) in [7, 11) is 3.36. The molecule has 1 aliphatic rings. The van der Waals surface area contributed by atoms with Crippen LogP contribution in [0.1, 0.15) is 28.9 Å². The third-order valence-electron chi connectivity index (χ3n) is 4.84. The highest BCUT2D eigenvalue weighted by atomic mass is 16.5. The third-order valence-corrected chi connectivity index (χ3v) is 4.84. The van der Waals surface area contributed by atoms with Gasteiger partial charge in [-0.3, -0.25) is 19.6 Å². The van der Waals surface area contributed by atoms with Gasteiger partial charge < -0.3 is 14.5 Å². The molecule has 0 N–H and O–H groups in total. The maximum atomic E-state index is 12.7. The molecule has 7 nitrogen and oxygen atoms in total. The molecule has 2 amide bonds. The van der Waals surface area contributed by atoms with Gasteiger partial charge >= 0.3 is 0 Å². The van der Waals surface area contributed by atoms with Crippen LogP contribution in [0.2, 0.25) is 0 Å². The molecule has 1 aliphatic heterocycles. The minimum Gasteiger partial charge on any atom is -0.497 e. The monoisotopic (exact) mass is 368 g/mol. The predicted octanol–water partition coefficient (Wildman–Crippen LogP) is 2.00. The zero-order chi connectivity index (χ0) is 19.2. The Kier molecular flexibility index (Phi) is 6.01. The maximum Gasteiger partial charge on any atom is 0.253 e. The minimum absolute atomic E-state index is 0.0206. The van der Waals surface area contributed by atoms with Crippen molar-refractivity contribution in [3.8, 4) is 5.75 Å². The SMILES string of the molecule is COc1cccc(C(=O)N2CCC(C(=O)N(C)Cc3cnccn3)CC2)c1. The van der Waals surface area contributed by atoms with Gasteiger partial charge in [0.05, 0.1) is 25.5 Å². The predicted molar refractivity (Wildman–Crippen MR) is 100 cm³/mol. The van der Waals surface area contributed by atoms with Crippen LogP contribution in [0.15, 0.2) is 42.9 Å². The summed E-state index contributed by atoms with van der Waals surface area (Å²) in [6, 6.07) is 7.16. The van der Waals surface area contributed by atoms with Crippen molar-refractivity contribution in [3.63, 3.8) is 0 Å². The molecular weight excluding hydrogens is 344 g/mol. The average molecular weight is 368 g/mol. The first-order valence-corrected chi connectivity index (χ1v) is 9.01. The number of nitrogens with zero attached hydrogens (tertiary/aromatic N) is 4. The number of amides is 2. The van der Waals surface area contributed by atoms with Crippen LogP contribution in [0.3, 0.4) is 0 Å². The fourth-order valence-electron chi connectivity index (χ4n) is 3.31. The summed E-state index contributed by atoms with van der Waals surface area (Å²) in [6.45, 7) is 1.59. The lowest BCUT2D eigenvalue weighted by Gasteiger charge is -2.33. The third kappa shape index (κ3) is 4.61. The molecule has 3 rings (SSSR count). The van der Waals surface area contributed by atoms with E-state index in [0.717, 1.165) is 5.69 Å². The van der Waals surface area contributed by atoms with E-state index in [-0.39, 0.29) is 17.7 Å². The van der Waals surface area contributed by atoms with Gasteiger partial charge in [0.2, 0.25) is 5.91 Å². The number of rotatable bonds is 5. The summed E-state index contributed by atoms with van der Waals surface area (Å²) in [6.07, 6.45) is 6.23.